The van der Waals surface area contributed by atoms with E-state index < -0.39 is 16.8 Å². The molecular formula is C14H11FO3S. The van der Waals surface area contributed by atoms with E-state index in [4.69, 9.17) is 5.11 Å². The van der Waals surface area contributed by atoms with Gasteiger partial charge in [-0.15, -0.1) is 0 Å². The molecule has 0 spiro atoms. The number of aromatic carboxylic acids is 1. The smallest absolute Gasteiger partial charge is 0.335 e. The molecule has 19 heavy (non-hydrogen) atoms. The summed E-state index contributed by atoms with van der Waals surface area (Å²) in [5.74, 6) is -1.09. The van der Waals surface area contributed by atoms with E-state index in [9.17, 15) is 13.4 Å². The van der Waals surface area contributed by atoms with E-state index in [1.54, 1.807) is 12.1 Å². The highest BCUT2D eigenvalue weighted by atomic mass is 32.2. The molecule has 2 rings (SSSR count). The van der Waals surface area contributed by atoms with Crippen LogP contribution in [-0.4, -0.2) is 15.3 Å². The molecule has 0 fully saturated rings. The van der Waals surface area contributed by atoms with Gasteiger partial charge in [-0.1, -0.05) is 12.1 Å². The van der Waals surface area contributed by atoms with E-state index in [1.165, 1.54) is 36.4 Å². The molecule has 2 aromatic rings. The predicted molar refractivity (Wildman–Crippen MR) is 69.9 cm³/mol. The van der Waals surface area contributed by atoms with E-state index in [2.05, 4.69) is 0 Å². The largest absolute Gasteiger partial charge is 0.478 e. The first-order valence-corrected chi connectivity index (χ1v) is 6.84. The second kappa shape index (κ2) is 5.75. The fourth-order valence-electron chi connectivity index (χ4n) is 1.56. The second-order valence-electron chi connectivity index (χ2n) is 3.95. The molecule has 0 bridgehead atoms. The maximum atomic E-state index is 12.7. The third-order valence-corrected chi connectivity index (χ3v) is 3.97. The molecule has 3 nitrogen and oxygen atoms in total. The minimum Gasteiger partial charge on any atom is -0.478 e. The van der Waals surface area contributed by atoms with Crippen LogP contribution in [0.5, 0.6) is 0 Å². The number of benzene rings is 2. The van der Waals surface area contributed by atoms with Crippen molar-refractivity contribution < 1.29 is 18.5 Å². The van der Waals surface area contributed by atoms with Gasteiger partial charge in [0.05, 0.1) is 22.1 Å². The van der Waals surface area contributed by atoms with Gasteiger partial charge in [-0.3, -0.25) is 4.21 Å². The van der Waals surface area contributed by atoms with Crippen molar-refractivity contribution in [3.63, 3.8) is 0 Å². The number of hydrogen-bond donors (Lipinski definition) is 1. The Morgan fingerprint density at radius 1 is 1.05 bits per heavy atom. The summed E-state index contributed by atoms with van der Waals surface area (Å²) in [4.78, 5) is 11.2. The Morgan fingerprint density at radius 3 is 2.16 bits per heavy atom. The highest BCUT2D eigenvalue weighted by Crippen LogP contribution is 2.14. The average molecular weight is 278 g/mol. The van der Waals surface area contributed by atoms with Crippen LogP contribution in [0.25, 0.3) is 0 Å². The number of carbonyl (C=O) groups is 1. The van der Waals surface area contributed by atoms with Crippen LogP contribution in [0.15, 0.2) is 53.4 Å². The molecule has 0 saturated carbocycles. The van der Waals surface area contributed by atoms with Crippen molar-refractivity contribution in [1.29, 1.82) is 0 Å². The highest BCUT2D eigenvalue weighted by molar-refractivity contribution is 7.84. The molecule has 1 unspecified atom stereocenters. The highest BCUT2D eigenvalue weighted by Gasteiger charge is 2.07. The maximum absolute atomic E-state index is 12.7. The van der Waals surface area contributed by atoms with Gasteiger partial charge in [-0.05, 0) is 42.0 Å². The topological polar surface area (TPSA) is 54.4 Å². The molecule has 0 saturated heterocycles. The van der Waals surface area contributed by atoms with Crippen LogP contribution in [0.4, 0.5) is 4.39 Å². The van der Waals surface area contributed by atoms with Gasteiger partial charge in [-0.2, -0.15) is 0 Å². The summed E-state index contributed by atoms with van der Waals surface area (Å²) in [7, 11) is -1.27. The van der Waals surface area contributed by atoms with Gasteiger partial charge in [0.25, 0.3) is 0 Å². The van der Waals surface area contributed by atoms with Crippen LogP contribution in [0.3, 0.4) is 0 Å². The van der Waals surface area contributed by atoms with Crippen LogP contribution in [0, 0.1) is 5.82 Å². The zero-order valence-electron chi connectivity index (χ0n) is 9.88. The molecule has 0 radical (unpaired) electrons. The number of hydrogen-bond acceptors (Lipinski definition) is 2. The first-order valence-electron chi connectivity index (χ1n) is 5.52. The summed E-state index contributed by atoms with van der Waals surface area (Å²) >= 11 is 0. The predicted octanol–water partition coefficient (Wildman–Crippen LogP) is 2.83. The van der Waals surface area contributed by atoms with Gasteiger partial charge < -0.3 is 5.11 Å². The van der Waals surface area contributed by atoms with Crippen LogP contribution in [-0.2, 0) is 16.6 Å². The van der Waals surface area contributed by atoms with E-state index in [0.717, 1.165) is 5.56 Å². The zero-order valence-corrected chi connectivity index (χ0v) is 10.7. The summed E-state index contributed by atoms with van der Waals surface area (Å²) in [6, 6.07) is 11.7. The zero-order chi connectivity index (χ0) is 13.8. The third kappa shape index (κ3) is 3.48. The van der Waals surface area contributed by atoms with Crippen LogP contribution >= 0.6 is 0 Å². The van der Waals surface area contributed by atoms with E-state index in [-0.39, 0.29) is 17.1 Å². The van der Waals surface area contributed by atoms with Crippen molar-refractivity contribution in [2.24, 2.45) is 0 Å². The summed E-state index contributed by atoms with van der Waals surface area (Å²) in [6.45, 7) is 0. The number of rotatable bonds is 4. The Hall–Kier alpha value is -2.01. The minimum absolute atomic E-state index is 0.191. The summed E-state index contributed by atoms with van der Waals surface area (Å²) in [5.41, 5.74) is 0.962. The SMILES string of the molecule is O=C(O)c1ccc(CS(=O)c2ccc(F)cc2)cc1. The van der Waals surface area contributed by atoms with Gasteiger partial charge in [0.1, 0.15) is 5.82 Å². The maximum Gasteiger partial charge on any atom is 0.335 e. The number of carboxylic acid groups (broad SMARTS) is 1. The Bertz CT molecular complexity index is 606. The summed E-state index contributed by atoms with van der Waals surface area (Å²) in [5, 5.41) is 8.77. The molecular weight excluding hydrogens is 267 g/mol. The summed E-state index contributed by atoms with van der Waals surface area (Å²) in [6.07, 6.45) is 0. The number of halogens is 1. The molecule has 1 N–H and O–H groups in total. The lowest BCUT2D eigenvalue weighted by Crippen LogP contribution is -1.99. The molecule has 0 aliphatic carbocycles. The second-order valence-corrected chi connectivity index (χ2v) is 5.40. The van der Waals surface area contributed by atoms with Gasteiger partial charge in [-0.25, -0.2) is 9.18 Å². The molecule has 0 aliphatic rings. The standard InChI is InChI=1S/C14H11FO3S/c15-12-5-7-13(8-6-12)19(18)9-10-1-3-11(4-2-10)14(16)17/h1-8H,9H2,(H,16,17). The Morgan fingerprint density at radius 2 is 1.63 bits per heavy atom. The molecule has 0 heterocycles. The van der Waals surface area contributed by atoms with Gasteiger partial charge in [0.15, 0.2) is 0 Å². The Labute approximate surface area is 112 Å². The lowest BCUT2D eigenvalue weighted by molar-refractivity contribution is 0.0697. The average Bonchev–Trinajstić information content (AvgIpc) is 2.40. The fraction of sp³-hybridized carbons (Fsp3) is 0.0714. The molecule has 1 atom stereocenters. The van der Waals surface area contributed by atoms with Crippen LogP contribution in [0.1, 0.15) is 15.9 Å². The van der Waals surface area contributed by atoms with Gasteiger partial charge >= 0.3 is 5.97 Å². The van der Waals surface area contributed by atoms with E-state index >= 15 is 0 Å². The molecule has 2 aromatic carbocycles. The monoisotopic (exact) mass is 278 g/mol. The Balaban J connectivity index is 2.10. The molecule has 0 aromatic heterocycles. The van der Waals surface area contributed by atoms with E-state index in [1.807, 2.05) is 0 Å². The molecule has 0 amide bonds. The van der Waals surface area contributed by atoms with Gasteiger partial charge in [0.2, 0.25) is 0 Å². The molecule has 5 heteroatoms. The van der Waals surface area contributed by atoms with Crippen LogP contribution in [0.2, 0.25) is 0 Å². The number of carboxylic acids is 1. The lowest BCUT2D eigenvalue weighted by Gasteiger charge is -2.03. The molecule has 0 aliphatic heterocycles. The van der Waals surface area contributed by atoms with Crippen LogP contribution < -0.4 is 0 Å². The Kier molecular flexibility index (Phi) is 4.06. The molecule has 98 valence electrons. The van der Waals surface area contributed by atoms with Crippen molar-refractivity contribution in [1.82, 2.24) is 0 Å². The minimum atomic E-state index is -1.27. The van der Waals surface area contributed by atoms with Crippen molar-refractivity contribution in [2.45, 2.75) is 10.6 Å². The lowest BCUT2D eigenvalue weighted by atomic mass is 10.1. The van der Waals surface area contributed by atoms with Crippen molar-refractivity contribution in [2.75, 3.05) is 0 Å². The third-order valence-electron chi connectivity index (χ3n) is 2.58. The van der Waals surface area contributed by atoms with Crippen molar-refractivity contribution in [3.05, 3.63) is 65.5 Å². The van der Waals surface area contributed by atoms with E-state index in [0.29, 0.717) is 4.90 Å². The summed E-state index contributed by atoms with van der Waals surface area (Å²) < 4.78 is 24.8. The van der Waals surface area contributed by atoms with Gasteiger partial charge in [0, 0.05) is 4.90 Å². The normalized spacial score (nSPS) is 12.1. The van der Waals surface area contributed by atoms with Crippen molar-refractivity contribution in [3.8, 4) is 0 Å². The first-order chi connectivity index (χ1) is 9.06. The fourth-order valence-corrected chi connectivity index (χ4v) is 2.67. The quantitative estimate of drug-likeness (QED) is 0.935. The van der Waals surface area contributed by atoms with Crippen molar-refractivity contribution >= 4 is 16.8 Å². The first kappa shape index (κ1) is 13.4.